The van der Waals surface area contributed by atoms with Crippen LogP contribution in [0.1, 0.15) is 15.9 Å². The number of hydrogen-bond acceptors (Lipinski definition) is 2. The average Bonchev–Trinajstić information content (AvgIpc) is 2.69. The highest BCUT2D eigenvalue weighted by atomic mass is 19.1. The van der Waals surface area contributed by atoms with Crippen LogP contribution in [0, 0.1) is 5.82 Å². The third-order valence-electron chi connectivity index (χ3n) is 4.02. The van der Waals surface area contributed by atoms with Gasteiger partial charge in [-0.15, -0.1) is 0 Å². The highest BCUT2D eigenvalue weighted by Crippen LogP contribution is 2.11. The number of para-hydroxylation sites is 1. The minimum atomic E-state index is -0.363. The second-order valence-corrected chi connectivity index (χ2v) is 6.16. The molecule has 0 spiro atoms. The van der Waals surface area contributed by atoms with Crippen molar-refractivity contribution in [3.05, 3.63) is 95.8 Å². The van der Waals surface area contributed by atoms with E-state index in [0.717, 1.165) is 5.56 Å². The van der Waals surface area contributed by atoms with Gasteiger partial charge in [0.1, 0.15) is 5.82 Å². The zero-order chi connectivity index (χ0) is 19.8. The van der Waals surface area contributed by atoms with Crippen LogP contribution in [-0.2, 0) is 6.42 Å². The standard InChI is InChI=1S/C22H20FN3O2/c23-18-6-4-5-16(15-18)13-14-24-21(27)17-9-11-20(12-10-17)26-22(28)25-19-7-2-1-3-8-19/h1-12,15H,13-14H2,(H,24,27)(H2,25,26,28). The van der Waals surface area contributed by atoms with Crippen LogP contribution in [0.15, 0.2) is 78.9 Å². The van der Waals surface area contributed by atoms with Crippen molar-refractivity contribution in [3.8, 4) is 0 Å². The summed E-state index contributed by atoms with van der Waals surface area (Å²) in [6, 6.07) is 21.6. The molecule has 0 heterocycles. The summed E-state index contributed by atoms with van der Waals surface area (Å²) in [6.45, 7) is 0.405. The zero-order valence-electron chi connectivity index (χ0n) is 15.1. The van der Waals surface area contributed by atoms with Crippen molar-refractivity contribution in [2.45, 2.75) is 6.42 Å². The lowest BCUT2D eigenvalue weighted by Crippen LogP contribution is -2.25. The van der Waals surface area contributed by atoms with Gasteiger partial charge in [-0.05, 0) is 60.5 Å². The van der Waals surface area contributed by atoms with Crippen molar-refractivity contribution in [1.29, 1.82) is 0 Å². The predicted octanol–water partition coefficient (Wildman–Crippen LogP) is 4.44. The largest absolute Gasteiger partial charge is 0.352 e. The minimum absolute atomic E-state index is 0.225. The van der Waals surface area contributed by atoms with Gasteiger partial charge in [0.25, 0.3) is 5.91 Å². The lowest BCUT2D eigenvalue weighted by Gasteiger charge is -2.09. The van der Waals surface area contributed by atoms with E-state index in [0.29, 0.717) is 29.9 Å². The Morgan fingerprint density at radius 2 is 1.46 bits per heavy atom. The molecule has 142 valence electrons. The molecule has 3 amide bonds. The van der Waals surface area contributed by atoms with E-state index in [2.05, 4.69) is 16.0 Å². The molecule has 3 N–H and O–H groups in total. The molecule has 0 aliphatic rings. The first-order valence-electron chi connectivity index (χ1n) is 8.86. The summed E-state index contributed by atoms with van der Waals surface area (Å²) in [6.07, 6.45) is 0.544. The van der Waals surface area contributed by atoms with Crippen LogP contribution in [-0.4, -0.2) is 18.5 Å². The summed E-state index contributed by atoms with van der Waals surface area (Å²) in [5.74, 6) is -0.514. The van der Waals surface area contributed by atoms with Crippen molar-refractivity contribution in [2.75, 3.05) is 17.2 Å². The first-order valence-corrected chi connectivity index (χ1v) is 8.86. The number of anilines is 2. The highest BCUT2D eigenvalue weighted by Gasteiger charge is 2.07. The maximum absolute atomic E-state index is 13.1. The number of urea groups is 1. The summed E-state index contributed by atoms with van der Waals surface area (Å²) in [4.78, 5) is 24.2. The molecule has 0 fully saturated rings. The fourth-order valence-corrected chi connectivity index (χ4v) is 2.63. The summed E-state index contributed by atoms with van der Waals surface area (Å²) in [5, 5.41) is 8.23. The number of halogens is 1. The summed E-state index contributed by atoms with van der Waals surface area (Å²) >= 11 is 0. The van der Waals surface area contributed by atoms with Crippen molar-refractivity contribution in [3.63, 3.8) is 0 Å². The molecule has 3 rings (SSSR count). The van der Waals surface area contributed by atoms with Crippen LogP contribution < -0.4 is 16.0 Å². The second-order valence-electron chi connectivity index (χ2n) is 6.16. The maximum Gasteiger partial charge on any atom is 0.323 e. The zero-order valence-corrected chi connectivity index (χ0v) is 15.1. The van der Waals surface area contributed by atoms with E-state index in [-0.39, 0.29) is 17.8 Å². The monoisotopic (exact) mass is 377 g/mol. The first-order chi connectivity index (χ1) is 13.6. The van der Waals surface area contributed by atoms with Crippen LogP contribution in [0.2, 0.25) is 0 Å². The van der Waals surface area contributed by atoms with Crippen molar-refractivity contribution in [1.82, 2.24) is 5.32 Å². The summed E-state index contributed by atoms with van der Waals surface area (Å²) < 4.78 is 13.1. The molecule has 0 aliphatic carbocycles. The molecule has 0 saturated carbocycles. The Hall–Kier alpha value is -3.67. The molecule has 0 unspecified atom stereocenters. The fourth-order valence-electron chi connectivity index (χ4n) is 2.63. The van der Waals surface area contributed by atoms with Gasteiger partial charge >= 0.3 is 6.03 Å². The second kappa shape index (κ2) is 9.32. The molecule has 6 heteroatoms. The van der Waals surface area contributed by atoms with E-state index in [1.807, 2.05) is 24.3 Å². The molecule has 0 atom stereocenters. The van der Waals surface area contributed by atoms with Gasteiger partial charge < -0.3 is 16.0 Å². The Balaban J connectivity index is 1.47. The number of carbonyl (C=O) groups is 2. The molecule has 0 saturated heterocycles. The van der Waals surface area contributed by atoms with Crippen molar-refractivity contribution in [2.24, 2.45) is 0 Å². The Kier molecular flexibility index (Phi) is 6.36. The van der Waals surface area contributed by atoms with Crippen molar-refractivity contribution < 1.29 is 14.0 Å². The van der Waals surface area contributed by atoms with Gasteiger partial charge in [0, 0.05) is 23.5 Å². The van der Waals surface area contributed by atoms with Gasteiger partial charge in [-0.1, -0.05) is 30.3 Å². The number of carbonyl (C=O) groups excluding carboxylic acids is 2. The van der Waals surface area contributed by atoms with E-state index in [1.54, 1.807) is 42.5 Å². The normalized spacial score (nSPS) is 10.2. The Bertz CT molecular complexity index is 944. The lowest BCUT2D eigenvalue weighted by molar-refractivity contribution is 0.0954. The van der Waals surface area contributed by atoms with E-state index in [1.165, 1.54) is 12.1 Å². The van der Waals surface area contributed by atoms with Crippen LogP contribution in [0.4, 0.5) is 20.6 Å². The topological polar surface area (TPSA) is 70.2 Å². The van der Waals surface area contributed by atoms with Crippen LogP contribution >= 0.6 is 0 Å². The van der Waals surface area contributed by atoms with Crippen molar-refractivity contribution >= 4 is 23.3 Å². The van der Waals surface area contributed by atoms with Gasteiger partial charge in [0.2, 0.25) is 0 Å². The van der Waals surface area contributed by atoms with Gasteiger partial charge in [0.15, 0.2) is 0 Å². The average molecular weight is 377 g/mol. The molecule has 5 nitrogen and oxygen atoms in total. The van der Waals surface area contributed by atoms with Gasteiger partial charge in [-0.3, -0.25) is 4.79 Å². The maximum atomic E-state index is 13.1. The molecule has 0 aromatic heterocycles. The highest BCUT2D eigenvalue weighted by molar-refractivity contribution is 6.00. The third kappa shape index (κ3) is 5.67. The first kappa shape index (κ1) is 19.1. The lowest BCUT2D eigenvalue weighted by atomic mass is 10.1. The van der Waals surface area contributed by atoms with Crippen LogP contribution in [0.25, 0.3) is 0 Å². The molecule has 0 aliphatic heterocycles. The molecular formula is C22H20FN3O2. The smallest absolute Gasteiger partial charge is 0.323 e. The van der Waals surface area contributed by atoms with Crippen LogP contribution in [0.3, 0.4) is 0 Å². The number of benzene rings is 3. The predicted molar refractivity (Wildman–Crippen MR) is 108 cm³/mol. The Morgan fingerprint density at radius 3 is 2.14 bits per heavy atom. The number of rotatable bonds is 6. The van der Waals surface area contributed by atoms with E-state index >= 15 is 0 Å². The third-order valence-corrected chi connectivity index (χ3v) is 4.02. The molecule has 3 aromatic carbocycles. The van der Waals surface area contributed by atoms with Gasteiger partial charge in [-0.25, -0.2) is 9.18 Å². The van der Waals surface area contributed by atoms with E-state index in [9.17, 15) is 14.0 Å². The number of nitrogens with one attached hydrogen (secondary N) is 3. The SMILES string of the molecule is O=C(Nc1ccccc1)Nc1ccc(C(=O)NCCc2cccc(F)c2)cc1. The molecule has 0 bridgehead atoms. The summed E-state index contributed by atoms with van der Waals surface area (Å²) in [7, 11) is 0. The van der Waals surface area contributed by atoms with Gasteiger partial charge in [0.05, 0.1) is 0 Å². The Labute approximate surface area is 162 Å². The minimum Gasteiger partial charge on any atom is -0.352 e. The summed E-state index contributed by atoms with van der Waals surface area (Å²) in [5.41, 5.74) is 2.57. The van der Waals surface area contributed by atoms with E-state index < -0.39 is 0 Å². The molecule has 0 radical (unpaired) electrons. The Morgan fingerprint density at radius 1 is 0.786 bits per heavy atom. The fraction of sp³-hybridized carbons (Fsp3) is 0.0909. The molecular weight excluding hydrogens is 357 g/mol. The van der Waals surface area contributed by atoms with Gasteiger partial charge in [-0.2, -0.15) is 0 Å². The van der Waals surface area contributed by atoms with Crippen LogP contribution in [0.5, 0.6) is 0 Å². The van der Waals surface area contributed by atoms with E-state index in [4.69, 9.17) is 0 Å². The molecule has 28 heavy (non-hydrogen) atoms. The quantitative estimate of drug-likeness (QED) is 0.594. The number of hydrogen-bond donors (Lipinski definition) is 3. The molecule has 3 aromatic rings. The number of amides is 3.